The van der Waals surface area contributed by atoms with Crippen LogP contribution in [0.1, 0.15) is 30.1 Å². The number of aromatic nitrogens is 3. The Balaban J connectivity index is 0.00000144. The zero-order valence-corrected chi connectivity index (χ0v) is 15.2. The average Bonchev–Trinajstić information content (AvgIpc) is 3.25. The van der Waals surface area contributed by atoms with Gasteiger partial charge in [-0.05, 0) is 37.6 Å². The van der Waals surface area contributed by atoms with Crippen LogP contribution in [0.2, 0.25) is 0 Å². The van der Waals surface area contributed by atoms with Crippen molar-refractivity contribution in [1.82, 2.24) is 25.0 Å². The lowest BCUT2D eigenvalue weighted by Crippen LogP contribution is -2.42. The highest BCUT2D eigenvalue weighted by Gasteiger charge is 2.26. The van der Waals surface area contributed by atoms with E-state index in [1.54, 1.807) is 11.0 Å². The van der Waals surface area contributed by atoms with Crippen LogP contribution < -0.4 is 5.32 Å². The SMILES string of the molecule is CCCN(C(=O)c1cccc(-n2cncn2)c1)C1CCNC1.Cl.Cl. The maximum Gasteiger partial charge on any atom is 0.254 e. The number of carbonyl (C=O) groups is 1. The molecule has 1 aromatic heterocycles. The molecule has 0 bridgehead atoms. The van der Waals surface area contributed by atoms with Crippen LogP contribution in [0.3, 0.4) is 0 Å². The Labute approximate surface area is 154 Å². The maximum absolute atomic E-state index is 12.9. The lowest BCUT2D eigenvalue weighted by atomic mass is 10.1. The third-order valence-electron chi connectivity index (χ3n) is 3.98. The molecule has 6 nitrogen and oxygen atoms in total. The molecule has 24 heavy (non-hydrogen) atoms. The van der Waals surface area contributed by atoms with E-state index in [1.165, 1.54) is 6.33 Å². The second-order valence-corrected chi connectivity index (χ2v) is 5.54. The van der Waals surface area contributed by atoms with E-state index in [1.807, 2.05) is 29.2 Å². The number of amides is 1. The van der Waals surface area contributed by atoms with Crippen LogP contribution in [0.5, 0.6) is 0 Å². The molecule has 8 heteroatoms. The Morgan fingerprint density at radius 3 is 2.88 bits per heavy atom. The molecule has 0 aliphatic carbocycles. The Kier molecular flexibility index (Phi) is 8.18. The first-order valence-electron chi connectivity index (χ1n) is 7.76. The first kappa shape index (κ1) is 20.4. The topological polar surface area (TPSA) is 63.1 Å². The molecule has 1 fully saturated rings. The number of carbonyl (C=O) groups excluding carboxylic acids is 1. The number of hydrogen-bond acceptors (Lipinski definition) is 4. The lowest BCUT2D eigenvalue weighted by Gasteiger charge is -2.28. The van der Waals surface area contributed by atoms with E-state index in [0.29, 0.717) is 11.6 Å². The van der Waals surface area contributed by atoms with Gasteiger partial charge in [0.05, 0.1) is 5.69 Å². The fraction of sp³-hybridized carbons (Fsp3) is 0.438. The van der Waals surface area contributed by atoms with E-state index >= 15 is 0 Å². The van der Waals surface area contributed by atoms with Crippen LogP contribution in [-0.2, 0) is 0 Å². The molecule has 0 saturated carbocycles. The molecule has 3 rings (SSSR count). The predicted octanol–water partition coefficient (Wildman–Crippen LogP) is 2.33. The molecule has 1 N–H and O–H groups in total. The summed E-state index contributed by atoms with van der Waals surface area (Å²) in [5.41, 5.74) is 1.55. The van der Waals surface area contributed by atoms with Crippen molar-refractivity contribution >= 4 is 30.7 Å². The number of nitrogens with one attached hydrogen (secondary N) is 1. The van der Waals surface area contributed by atoms with E-state index < -0.39 is 0 Å². The summed E-state index contributed by atoms with van der Waals surface area (Å²) < 4.78 is 1.66. The van der Waals surface area contributed by atoms with Crippen molar-refractivity contribution < 1.29 is 4.79 Å². The number of benzene rings is 1. The van der Waals surface area contributed by atoms with Crippen LogP contribution in [0.25, 0.3) is 5.69 Å². The van der Waals surface area contributed by atoms with E-state index in [0.717, 1.165) is 38.2 Å². The smallest absolute Gasteiger partial charge is 0.254 e. The molecule has 1 atom stereocenters. The van der Waals surface area contributed by atoms with Gasteiger partial charge >= 0.3 is 0 Å². The molecular weight excluding hydrogens is 349 g/mol. The summed E-state index contributed by atoms with van der Waals surface area (Å²) >= 11 is 0. The van der Waals surface area contributed by atoms with Crippen molar-refractivity contribution in [3.63, 3.8) is 0 Å². The van der Waals surface area contributed by atoms with E-state index in [9.17, 15) is 4.79 Å². The molecule has 2 aromatic rings. The van der Waals surface area contributed by atoms with Gasteiger partial charge in [0.2, 0.25) is 0 Å². The molecule has 1 unspecified atom stereocenters. The largest absolute Gasteiger partial charge is 0.334 e. The van der Waals surface area contributed by atoms with Gasteiger partial charge in [-0.1, -0.05) is 13.0 Å². The van der Waals surface area contributed by atoms with Gasteiger partial charge in [-0.2, -0.15) is 5.10 Å². The Morgan fingerprint density at radius 1 is 1.42 bits per heavy atom. The van der Waals surface area contributed by atoms with Crippen LogP contribution >= 0.6 is 24.8 Å². The lowest BCUT2D eigenvalue weighted by molar-refractivity contribution is 0.0692. The highest BCUT2D eigenvalue weighted by atomic mass is 35.5. The standard InChI is InChI=1S/C16H21N5O.2ClH/c1-2-8-20(15-6-7-17-10-15)16(22)13-4-3-5-14(9-13)21-12-18-11-19-21;;/h3-5,9,11-12,15,17H,2,6-8,10H2,1H3;2*1H. The highest BCUT2D eigenvalue weighted by molar-refractivity contribution is 5.95. The first-order chi connectivity index (χ1) is 10.8. The third kappa shape index (κ3) is 4.47. The molecule has 2 heterocycles. The molecule has 0 spiro atoms. The summed E-state index contributed by atoms with van der Waals surface area (Å²) in [6.07, 6.45) is 5.11. The molecule has 1 aliphatic heterocycles. The average molecular weight is 372 g/mol. The minimum atomic E-state index is 0. The minimum absolute atomic E-state index is 0. The second-order valence-electron chi connectivity index (χ2n) is 5.54. The van der Waals surface area contributed by atoms with Crippen LogP contribution in [0.4, 0.5) is 0 Å². The monoisotopic (exact) mass is 371 g/mol. The maximum atomic E-state index is 12.9. The van der Waals surface area contributed by atoms with Gasteiger partial charge < -0.3 is 10.2 Å². The van der Waals surface area contributed by atoms with Gasteiger partial charge in [-0.25, -0.2) is 9.67 Å². The minimum Gasteiger partial charge on any atom is -0.334 e. The van der Waals surface area contributed by atoms with Gasteiger partial charge in [0, 0.05) is 24.7 Å². The molecule has 1 saturated heterocycles. The van der Waals surface area contributed by atoms with Crippen LogP contribution in [0.15, 0.2) is 36.9 Å². The zero-order chi connectivity index (χ0) is 15.4. The van der Waals surface area contributed by atoms with Crippen LogP contribution in [0, 0.1) is 0 Å². The second kappa shape index (κ2) is 9.61. The number of hydrogen-bond donors (Lipinski definition) is 1. The Hall–Kier alpha value is -1.63. The van der Waals surface area contributed by atoms with Gasteiger partial charge in [0.15, 0.2) is 0 Å². The van der Waals surface area contributed by atoms with E-state index in [4.69, 9.17) is 0 Å². The molecule has 0 radical (unpaired) electrons. The fourth-order valence-electron chi connectivity index (χ4n) is 2.89. The Morgan fingerprint density at radius 2 is 2.25 bits per heavy atom. The summed E-state index contributed by atoms with van der Waals surface area (Å²) in [7, 11) is 0. The van der Waals surface area contributed by atoms with Gasteiger partial charge in [0.25, 0.3) is 5.91 Å². The summed E-state index contributed by atoms with van der Waals surface area (Å²) in [4.78, 5) is 18.8. The molecule has 1 amide bonds. The Bertz CT molecular complexity index is 629. The summed E-state index contributed by atoms with van der Waals surface area (Å²) in [5, 5.41) is 7.45. The normalized spacial score (nSPS) is 16.1. The predicted molar refractivity (Wildman–Crippen MR) is 98.5 cm³/mol. The number of nitrogens with zero attached hydrogens (tertiary/aromatic N) is 4. The number of halogens is 2. The molecule has 1 aromatic carbocycles. The summed E-state index contributed by atoms with van der Waals surface area (Å²) in [6.45, 7) is 4.76. The first-order valence-corrected chi connectivity index (χ1v) is 7.76. The fourth-order valence-corrected chi connectivity index (χ4v) is 2.89. The quantitative estimate of drug-likeness (QED) is 0.875. The molecule has 1 aliphatic rings. The summed E-state index contributed by atoms with van der Waals surface area (Å²) in [5.74, 6) is 0.0949. The van der Waals surface area contributed by atoms with Gasteiger partial charge in [-0.3, -0.25) is 4.79 Å². The van der Waals surface area contributed by atoms with Gasteiger partial charge in [0.1, 0.15) is 12.7 Å². The van der Waals surface area contributed by atoms with Crippen molar-refractivity contribution in [3.05, 3.63) is 42.5 Å². The van der Waals surface area contributed by atoms with Crippen molar-refractivity contribution in [2.24, 2.45) is 0 Å². The molecular formula is C16H23Cl2N5O. The molecule has 132 valence electrons. The van der Waals surface area contributed by atoms with Crippen molar-refractivity contribution in [3.8, 4) is 5.69 Å². The summed E-state index contributed by atoms with van der Waals surface area (Å²) in [6, 6.07) is 7.85. The zero-order valence-electron chi connectivity index (χ0n) is 13.6. The third-order valence-corrected chi connectivity index (χ3v) is 3.98. The van der Waals surface area contributed by atoms with Crippen molar-refractivity contribution in [2.45, 2.75) is 25.8 Å². The number of rotatable bonds is 5. The van der Waals surface area contributed by atoms with Crippen LogP contribution in [-0.4, -0.2) is 51.2 Å². The van der Waals surface area contributed by atoms with Gasteiger partial charge in [-0.15, -0.1) is 24.8 Å². The van der Waals surface area contributed by atoms with Crippen molar-refractivity contribution in [2.75, 3.05) is 19.6 Å². The highest BCUT2D eigenvalue weighted by Crippen LogP contribution is 2.16. The van der Waals surface area contributed by atoms with E-state index in [-0.39, 0.29) is 30.7 Å². The van der Waals surface area contributed by atoms with Crippen molar-refractivity contribution in [1.29, 1.82) is 0 Å². The van der Waals surface area contributed by atoms with E-state index in [2.05, 4.69) is 22.3 Å².